The van der Waals surface area contributed by atoms with Gasteiger partial charge < -0.3 is 10.4 Å². The van der Waals surface area contributed by atoms with Crippen LogP contribution in [0.1, 0.15) is 15.9 Å². The second kappa shape index (κ2) is 5.31. The summed E-state index contributed by atoms with van der Waals surface area (Å²) in [7, 11) is 1.85. The number of hydrogen-bond donors (Lipinski definition) is 2. The maximum Gasteiger partial charge on any atom is 0.252 e. The molecule has 2 aromatic rings. The Morgan fingerprint density at radius 2 is 2.28 bits per heavy atom. The van der Waals surface area contributed by atoms with Gasteiger partial charge in [0.15, 0.2) is 0 Å². The Balaban J connectivity index is 1.85. The van der Waals surface area contributed by atoms with E-state index in [1.807, 2.05) is 13.2 Å². The van der Waals surface area contributed by atoms with E-state index in [1.54, 1.807) is 10.9 Å². The zero-order chi connectivity index (χ0) is 13.0. The van der Waals surface area contributed by atoms with Crippen molar-refractivity contribution in [2.75, 3.05) is 6.54 Å². The third-order valence-electron chi connectivity index (χ3n) is 2.44. The third-order valence-corrected chi connectivity index (χ3v) is 2.44. The Kier molecular flexibility index (Phi) is 3.57. The van der Waals surface area contributed by atoms with Crippen LogP contribution in [0.25, 0.3) is 0 Å². The Bertz CT molecular complexity index is 551. The van der Waals surface area contributed by atoms with Crippen molar-refractivity contribution in [3.05, 3.63) is 42.0 Å². The quantitative estimate of drug-likeness (QED) is 0.823. The van der Waals surface area contributed by atoms with Crippen molar-refractivity contribution >= 4 is 5.91 Å². The van der Waals surface area contributed by atoms with Crippen LogP contribution in [0.5, 0.6) is 5.75 Å². The molecule has 0 radical (unpaired) electrons. The van der Waals surface area contributed by atoms with E-state index in [-0.39, 0.29) is 11.7 Å². The molecule has 2 aromatic heterocycles. The average Bonchev–Trinajstić information content (AvgIpc) is 2.75. The van der Waals surface area contributed by atoms with Gasteiger partial charge >= 0.3 is 0 Å². The molecule has 6 heteroatoms. The molecule has 0 aliphatic carbocycles. The normalized spacial score (nSPS) is 10.3. The fourth-order valence-corrected chi connectivity index (χ4v) is 1.58. The standard InChI is InChI=1S/C12H14N4O2/c1-16-8-9(5-15-16)2-3-14-12(18)10-4-11(17)7-13-6-10/h4-8,17H,2-3H2,1H3,(H,14,18). The van der Waals surface area contributed by atoms with Gasteiger partial charge in [-0.05, 0) is 18.1 Å². The maximum atomic E-state index is 11.7. The van der Waals surface area contributed by atoms with E-state index in [0.717, 1.165) is 5.56 Å². The highest BCUT2D eigenvalue weighted by atomic mass is 16.3. The summed E-state index contributed by atoms with van der Waals surface area (Å²) < 4.78 is 1.72. The number of carbonyl (C=O) groups is 1. The van der Waals surface area contributed by atoms with E-state index in [0.29, 0.717) is 18.5 Å². The molecule has 0 bridgehead atoms. The molecule has 94 valence electrons. The summed E-state index contributed by atoms with van der Waals surface area (Å²) in [6.07, 6.45) is 7.08. The maximum absolute atomic E-state index is 11.7. The third kappa shape index (κ3) is 3.07. The Hall–Kier alpha value is -2.37. The summed E-state index contributed by atoms with van der Waals surface area (Å²) in [4.78, 5) is 15.5. The Morgan fingerprint density at radius 1 is 1.44 bits per heavy atom. The minimum atomic E-state index is -0.248. The van der Waals surface area contributed by atoms with Crippen molar-refractivity contribution in [1.29, 1.82) is 0 Å². The summed E-state index contributed by atoms with van der Waals surface area (Å²) >= 11 is 0. The molecule has 2 N–H and O–H groups in total. The average molecular weight is 246 g/mol. The first kappa shape index (κ1) is 12.1. The highest BCUT2D eigenvalue weighted by Crippen LogP contribution is 2.08. The van der Waals surface area contributed by atoms with Crippen LogP contribution in [0.4, 0.5) is 0 Å². The van der Waals surface area contributed by atoms with Crippen molar-refractivity contribution in [2.45, 2.75) is 6.42 Å². The minimum Gasteiger partial charge on any atom is -0.506 e. The van der Waals surface area contributed by atoms with Gasteiger partial charge in [-0.1, -0.05) is 0 Å². The van der Waals surface area contributed by atoms with Crippen molar-refractivity contribution < 1.29 is 9.90 Å². The van der Waals surface area contributed by atoms with Gasteiger partial charge in [-0.15, -0.1) is 0 Å². The number of aryl methyl sites for hydroxylation is 1. The second-order valence-corrected chi connectivity index (χ2v) is 3.96. The first-order valence-electron chi connectivity index (χ1n) is 5.55. The first-order chi connectivity index (χ1) is 8.65. The molecule has 0 fully saturated rings. The lowest BCUT2D eigenvalue weighted by molar-refractivity contribution is 0.0953. The number of carbonyl (C=O) groups excluding carboxylic acids is 1. The highest BCUT2D eigenvalue weighted by Gasteiger charge is 2.06. The van der Waals surface area contributed by atoms with Crippen molar-refractivity contribution in [3.63, 3.8) is 0 Å². The minimum absolute atomic E-state index is 0.0186. The summed E-state index contributed by atoms with van der Waals surface area (Å²) in [5, 5.41) is 16.0. The van der Waals surface area contributed by atoms with Crippen LogP contribution in [-0.2, 0) is 13.5 Å². The van der Waals surface area contributed by atoms with E-state index >= 15 is 0 Å². The predicted octanol–water partition coefficient (Wildman–Crippen LogP) is 0.493. The van der Waals surface area contributed by atoms with Gasteiger partial charge in [0.2, 0.25) is 0 Å². The second-order valence-electron chi connectivity index (χ2n) is 3.96. The van der Waals surface area contributed by atoms with E-state index in [9.17, 15) is 9.90 Å². The fourth-order valence-electron chi connectivity index (χ4n) is 1.58. The molecule has 0 saturated carbocycles. The van der Waals surface area contributed by atoms with Crippen LogP contribution >= 0.6 is 0 Å². The van der Waals surface area contributed by atoms with Gasteiger partial charge in [0.1, 0.15) is 5.75 Å². The van der Waals surface area contributed by atoms with Gasteiger partial charge in [-0.25, -0.2) is 0 Å². The molecule has 6 nitrogen and oxygen atoms in total. The molecular weight excluding hydrogens is 232 g/mol. The Labute approximate surface area is 104 Å². The lowest BCUT2D eigenvalue weighted by Crippen LogP contribution is -2.25. The molecule has 0 atom stereocenters. The van der Waals surface area contributed by atoms with Crippen molar-refractivity contribution in [2.24, 2.45) is 7.05 Å². The van der Waals surface area contributed by atoms with E-state index in [2.05, 4.69) is 15.4 Å². The number of pyridine rings is 1. The van der Waals surface area contributed by atoms with E-state index in [1.165, 1.54) is 18.5 Å². The molecule has 18 heavy (non-hydrogen) atoms. The first-order valence-corrected chi connectivity index (χ1v) is 5.55. The summed E-state index contributed by atoms with van der Waals surface area (Å²) in [6, 6.07) is 1.38. The largest absolute Gasteiger partial charge is 0.506 e. The van der Waals surface area contributed by atoms with Crippen LogP contribution in [0.2, 0.25) is 0 Å². The highest BCUT2D eigenvalue weighted by molar-refractivity contribution is 5.94. The lowest BCUT2D eigenvalue weighted by atomic mass is 10.2. The van der Waals surface area contributed by atoms with Crippen molar-refractivity contribution in [1.82, 2.24) is 20.1 Å². The molecule has 0 saturated heterocycles. The zero-order valence-corrected chi connectivity index (χ0v) is 10.00. The molecule has 0 aliphatic heterocycles. The number of amides is 1. The van der Waals surface area contributed by atoms with Crippen LogP contribution in [0, 0.1) is 0 Å². The Morgan fingerprint density at radius 3 is 2.94 bits per heavy atom. The van der Waals surface area contributed by atoms with Crippen molar-refractivity contribution in [3.8, 4) is 5.75 Å². The van der Waals surface area contributed by atoms with Gasteiger partial charge in [0, 0.05) is 26.0 Å². The number of aromatic nitrogens is 3. The molecule has 1 amide bonds. The number of rotatable bonds is 4. The summed E-state index contributed by atoms with van der Waals surface area (Å²) in [5.41, 5.74) is 1.41. The predicted molar refractivity (Wildman–Crippen MR) is 65.1 cm³/mol. The van der Waals surface area contributed by atoms with Crippen LogP contribution in [0.15, 0.2) is 30.9 Å². The monoisotopic (exact) mass is 246 g/mol. The molecule has 0 aromatic carbocycles. The zero-order valence-electron chi connectivity index (χ0n) is 10.00. The van der Waals surface area contributed by atoms with Gasteiger partial charge in [-0.2, -0.15) is 5.10 Å². The smallest absolute Gasteiger partial charge is 0.252 e. The summed E-state index contributed by atoms with van der Waals surface area (Å²) in [5.74, 6) is -0.266. The van der Waals surface area contributed by atoms with Crippen LogP contribution in [0.3, 0.4) is 0 Å². The topological polar surface area (TPSA) is 80.0 Å². The lowest BCUT2D eigenvalue weighted by Gasteiger charge is -2.04. The molecule has 0 aliphatic rings. The molecule has 2 rings (SSSR count). The van der Waals surface area contributed by atoms with E-state index < -0.39 is 0 Å². The molecular formula is C12H14N4O2. The number of nitrogens with one attached hydrogen (secondary N) is 1. The summed E-state index contributed by atoms with van der Waals surface area (Å²) in [6.45, 7) is 0.514. The van der Waals surface area contributed by atoms with Gasteiger partial charge in [-0.3, -0.25) is 14.5 Å². The number of nitrogens with zero attached hydrogens (tertiary/aromatic N) is 3. The van der Waals surface area contributed by atoms with Gasteiger partial charge in [0.25, 0.3) is 5.91 Å². The molecule has 2 heterocycles. The molecule has 0 unspecified atom stereocenters. The SMILES string of the molecule is Cn1cc(CCNC(=O)c2cncc(O)c2)cn1. The number of aromatic hydroxyl groups is 1. The fraction of sp³-hybridized carbons (Fsp3) is 0.250. The van der Waals surface area contributed by atoms with Gasteiger partial charge in [0.05, 0.1) is 18.0 Å². The molecule has 0 spiro atoms. The van der Waals surface area contributed by atoms with E-state index in [4.69, 9.17) is 0 Å². The number of hydrogen-bond acceptors (Lipinski definition) is 4. The van der Waals surface area contributed by atoms with Crippen LogP contribution in [-0.4, -0.2) is 32.3 Å². The van der Waals surface area contributed by atoms with Crippen LogP contribution < -0.4 is 5.32 Å².